The maximum absolute atomic E-state index is 14.0. The smallest absolute Gasteiger partial charge is 0.358 e. The van der Waals surface area contributed by atoms with E-state index in [-0.39, 0.29) is 5.91 Å². The van der Waals surface area contributed by atoms with Crippen LogP contribution in [0.4, 0.5) is 22.0 Å². The molecule has 0 heterocycles. The topological polar surface area (TPSA) is 41.1 Å². The first-order valence-electron chi connectivity index (χ1n) is 10.3. The Kier molecular flexibility index (Phi) is 7.81. The van der Waals surface area contributed by atoms with Gasteiger partial charge >= 0.3 is 6.18 Å². The lowest BCUT2D eigenvalue weighted by Gasteiger charge is -2.26. The quantitative estimate of drug-likeness (QED) is 0.420. The standard InChI is InChI=1S/C25H23F5N2O/c1-31-24(33)23(17-5-3-2-4-6-17)32-22(18-10-13-20(26)21(27)15-18)14-9-16-7-11-19(12-8-16)25(28,29)30/h2-8,10-13,15,22-23,32H,9,14H2,1H3,(H,31,33)/t22-,23+/m0/s1. The van der Waals surface area contributed by atoms with Crippen molar-refractivity contribution in [2.24, 2.45) is 0 Å². The second kappa shape index (κ2) is 10.6. The Morgan fingerprint density at radius 3 is 2.12 bits per heavy atom. The molecule has 174 valence electrons. The third-order valence-electron chi connectivity index (χ3n) is 5.36. The molecule has 0 spiro atoms. The van der Waals surface area contributed by atoms with Crippen molar-refractivity contribution in [3.05, 3.63) is 107 Å². The summed E-state index contributed by atoms with van der Waals surface area (Å²) in [7, 11) is 1.49. The summed E-state index contributed by atoms with van der Waals surface area (Å²) in [4.78, 5) is 12.6. The summed E-state index contributed by atoms with van der Waals surface area (Å²) >= 11 is 0. The van der Waals surface area contributed by atoms with Crippen molar-refractivity contribution in [2.45, 2.75) is 31.1 Å². The third kappa shape index (κ3) is 6.38. The lowest BCUT2D eigenvalue weighted by molar-refractivity contribution is -0.137. The largest absolute Gasteiger partial charge is 0.416 e. The molecule has 3 rings (SSSR count). The molecular formula is C25H23F5N2O. The fourth-order valence-electron chi connectivity index (χ4n) is 3.56. The molecule has 1 amide bonds. The van der Waals surface area contributed by atoms with Crippen molar-refractivity contribution in [1.82, 2.24) is 10.6 Å². The first kappa shape index (κ1) is 24.4. The van der Waals surface area contributed by atoms with Gasteiger partial charge in [0, 0.05) is 13.1 Å². The van der Waals surface area contributed by atoms with Crippen LogP contribution in [0.3, 0.4) is 0 Å². The Morgan fingerprint density at radius 1 is 0.879 bits per heavy atom. The average molecular weight is 462 g/mol. The van der Waals surface area contributed by atoms with Gasteiger partial charge in [0.2, 0.25) is 5.91 Å². The van der Waals surface area contributed by atoms with Crippen molar-refractivity contribution in [3.63, 3.8) is 0 Å². The number of hydrogen-bond donors (Lipinski definition) is 2. The van der Waals surface area contributed by atoms with Crippen molar-refractivity contribution >= 4 is 5.91 Å². The molecule has 0 saturated carbocycles. The molecule has 3 aromatic carbocycles. The van der Waals surface area contributed by atoms with Crippen LogP contribution in [0.5, 0.6) is 0 Å². The fraction of sp³-hybridized carbons (Fsp3) is 0.240. The minimum Gasteiger partial charge on any atom is -0.358 e. The Labute approximate surface area is 188 Å². The Bertz CT molecular complexity index is 1070. The maximum Gasteiger partial charge on any atom is 0.416 e. The molecular weight excluding hydrogens is 439 g/mol. The van der Waals surface area contributed by atoms with Crippen LogP contribution in [0, 0.1) is 11.6 Å². The summed E-state index contributed by atoms with van der Waals surface area (Å²) in [5.41, 5.74) is 1.00. The van der Waals surface area contributed by atoms with Crippen molar-refractivity contribution in [2.75, 3.05) is 7.05 Å². The third-order valence-corrected chi connectivity index (χ3v) is 5.36. The molecule has 0 fully saturated rings. The predicted molar refractivity (Wildman–Crippen MR) is 115 cm³/mol. The van der Waals surface area contributed by atoms with Crippen molar-refractivity contribution in [1.29, 1.82) is 0 Å². The van der Waals surface area contributed by atoms with Gasteiger partial charge in [-0.2, -0.15) is 13.2 Å². The lowest BCUT2D eigenvalue weighted by atomic mass is 9.96. The number of amides is 1. The summed E-state index contributed by atoms with van der Waals surface area (Å²) in [5.74, 6) is -2.33. The number of alkyl halides is 3. The molecule has 3 aromatic rings. The highest BCUT2D eigenvalue weighted by molar-refractivity contribution is 5.83. The molecule has 0 radical (unpaired) electrons. The fourth-order valence-corrected chi connectivity index (χ4v) is 3.56. The average Bonchev–Trinajstić information content (AvgIpc) is 2.81. The van der Waals surface area contributed by atoms with E-state index in [2.05, 4.69) is 10.6 Å². The molecule has 2 N–H and O–H groups in total. The van der Waals surface area contributed by atoms with Gasteiger partial charge < -0.3 is 5.32 Å². The first-order chi connectivity index (χ1) is 15.7. The molecule has 0 saturated heterocycles. The monoisotopic (exact) mass is 462 g/mol. The van der Waals surface area contributed by atoms with E-state index in [1.54, 1.807) is 24.3 Å². The zero-order chi connectivity index (χ0) is 24.0. The zero-order valence-corrected chi connectivity index (χ0v) is 17.8. The molecule has 0 aliphatic heterocycles. The van der Waals surface area contributed by atoms with Gasteiger partial charge in [0.25, 0.3) is 0 Å². The summed E-state index contributed by atoms with van der Waals surface area (Å²) in [6, 6.07) is 15.8. The first-order valence-corrected chi connectivity index (χ1v) is 10.3. The van der Waals surface area contributed by atoms with E-state index in [9.17, 15) is 26.7 Å². The predicted octanol–water partition coefficient (Wildman–Crippen LogP) is 5.73. The molecule has 8 heteroatoms. The summed E-state index contributed by atoms with van der Waals surface area (Å²) in [6.07, 6.45) is -3.74. The van der Waals surface area contributed by atoms with Crippen LogP contribution in [-0.4, -0.2) is 13.0 Å². The molecule has 3 nitrogen and oxygen atoms in total. The van der Waals surface area contributed by atoms with Gasteiger partial charge in [0.1, 0.15) is 6.04 Å². The number of nitrogens with one attached hydrogen (secondary N) is 2. The normalized spacial score (nSPS) is 13.4. The molecule has 0 aliphatic carbocycles. The van der Waals surface area contributed by atoms with E-state index < -0.39 is 35.5 Å². The van der Waals surface area contributed by atoms with Crippen molar-refractivity contribution in [3.8, 4) is 0 Å². The Morgan fingerprint density at radius 2 is 1.55 bits per heavy atom. The number of hydrogen-bond acceptors (Lipinski definition) is 2. The molecule has 0 aliphatic rings. The minimum atomic E-state index is -4.43. The van der Waals surface area contributed by atoms with Crippen LogP contribution >= 0.6 is 0 Å². The molecule has 0 unspecified atom stereocenters. The van der Waals surface area contributed by atoms with Crippen LogP contribution < -0.4 is 10.6 Å². The number of halogens is 5. The molecule has 2 atom stereocenters. The van der Waals surface area contributed by atoms with Crippen LogP contribution in [0.15, 0.2) is 72.8 Å². The van der Waals surface area contributed by atoms with Gasteiger partial charge in [-0.1, -0.05) is 48.5 Å². The van der Waals surface area contributed by atoms with Gasteiger partial charge in [0.05, 0.1) is 5.56 Å². The number of benzene rings is 3. The van der Waals surface area contributed by atoms with E-state index in [0.717, 1.165) is 24.3 Å². The van der Waals surface area contributed by atoms with Gasteiger partial charge in [-0.15, -0.1) is 0 Å². The Balaban J connectivity index is 1.87. The number of likely N-dealkylation sites (N-methyl/N-ethyl adjacent to an activating group) is 1. The van der Waals surface area contributed by atoms with E-state index in [0.29, 0.717) is 29.5 Å². The summed E-state index contributed by atoms with van der Waals surface area (Å²) in [5, 5.41) is 5.80. The van der Waals surface area contributed by atoms with Crippen molar-refractivity contribution < 1.29 is 26.7 Å². The zero-order valence-electron chi connectivity index (χ0n) is 17.8. The second-order valence-corrected chi connectivity index (χ2v) is 7.58. The number of aryl methyl sites for hydroxylation is 1. The highest BCUT2D eigenvalue weighted by atomic mass is 19.4. The summed E-state index contributed by atoms with van der Waals surface area (Å²) in [6.45, 7) is 0. The summed E-state index contributed by atoms with van der Waals surface area (Å²) < 4.78 is 65.9. The van der Waals surface area contributed by atoms with Gasteiger partial charge in [0.15, 0.2) is 11.6 Å². The SMILES string of the molecule is CNC(=O)[C@H](N[C@@H](CCc1ccc(C(F)(F)F)cc1)c1ccc(F)c(F)c1)c1ccccc1. The van der Waals surface area contributed by atoms with E-state index in [1.807, 2.05) is 6.07 Å². The van der Waals surface area contributed by atoms with E-state index in [1.165, 1.54) is 25.2 Å². The van der Waals surface area contributed by atoms with Gasteiger partial charge in [-0.3, -0.25) is 10.1 Å². The second-order valence-electron chi connectivity index (χ2n) is 7.58. The molecule has 33 heavy (non-hydrogen) atoms. The molecule has 0 aromatic heterocycles. The Hall–Kier alpha value is -3.26. The number of rotatable bonds is 8. The van der Waals surface area contributed by atoms with Crippen LogP contribution in [0.2, 0.25) is 0 Å². The maximum atomic E-state index is 14.0. The van der Waals surface area contributed by atoms with Gasteiger partial charge in [-0.05, 0) is 53.8 Å². The van der Waals surface area contributed by atoms with E-state index in [4.69, 9.17) is 0 Å². The molecule has 0 bridgehead atoms. The number of carbonyl (C=O) groups is 1. The highest BCUT2D eigenvalue weighted by Crippen LogP contribution is 2.30. The lowest BCUT2D eigenvalue weighted by Crippen LogP contribution is -2.38. The van der Waals surface area contributed by atoms with Gasteiger partial charge in [-0.25, -0.2) is 8.78 Å². The van der Waals surface area contributed by atoms with Crippen LogP contribution in [-0.2, 0) is 17.4 Å². The van der Waals surface area contributed by atoms with Crippen LogP contribution in [0.25, 0.3) is 0 Å². The highest BCUT2D eigenvalue weighted by Gasteiger charge is 2.30. The minimum absolute atomic E-state index is 0.316. The van der Waals surface area contributed by atoms with E-state index >= 15 is 0 Å². The number of carbonyl (C=O) groups excluding carboxylic acids is 1. The van der Waals surface area contributed by atoms with Crippen LogP contribution in [0.1, 0.15) is 40.8 Å².